The van der Waals surface area contributed by atoms with Crippen molar-refractivity contribution in [2.24, 2.45) is 0 Å². The van der Waals surface area contributed by atoms with E-state index in [-0.39, 0.29) is 10.8 Å². The molecule has 1 saturated carbocycles. The van der Waals surface area contributed by atoms with Crippen molar-refractivity contribution in [1.82, 2.24) is 0 Å². The average molecular weight is 204 g/mol. The zero-order valence-electron chi connectivity index (χ0n) is 8.58. The first-order chi connectivity index (χ1) is 5.80. The van der Waals surface area contributed by atoms with Crippen LogP contribution in [0.3, 0.4) is 0 Å². The molecule has 0 radical (unpaired) electrons. The maximum atomic E-state index is 11.5. The molecule has 1 heterocycles. The SMILES string of the molecule is C[N+](C)(C)[C@]12CCC[C@H]1S(=O)(=O)C2. The third kappa shape index (κ3) is 1.02. The summed E-state index contributed by atoms with van der Waals surface area (Å²) < 4.78 is 23.9. The van der Waals surface area contributed by atoms with Gasteiger partial charge in [-0.05, 0) is 12.8 Å². The van der Waals surface area contributed by atoms with Crippen LogP contribution in [0, 0.1) is 0 Å². The van der Waals surface area contributed by atoms with Gasteiger partial charge in [-0.25, -0.2) is 8.42 Å². The van der Waals surface area contributed by atoms with Crippen LogP contribution in [0.4, 0.5) is 0 Å². The predicted octanol–water partition coefficient (Wildman–Crippen LogP) is 0.412. The molecule has 1 aliphatic heterocycles. The van der Waals surface area contributed by atoms with Crippen molar-refractivity contribution in [2.45, 2.75) is 30.1 Å². The van der Waals surface area contributed by atoms with E-state index in [4.69, 9.17) is 0 Å². The van der Waals surface area contributed by atoms with Crippen LogP contribution in [-0.2, 0) is 9.84 Å². The van der Waals surface area contributed by atoms with Gasteiger partial charge in [0.15, 0.2) is 9.84 Å². The maximum Gasteiger partial charge on any atom is 0.165 e. The quantitative estimate of drug-likeness (QED) is 0.580. The fraction of sp³-hybridized carbons (Fsp3) is 1.00. The van der Waals surface area contributed by atoms with Crippen molar-refractivity contribution in [3.05, 3.63) is 0 Å². The van der Waals surface area contributed by atoms with Crippen LogP contribution in [0.15, 0.2) is 0 Å². The molecule has 4 heteroatoms. The molecule has 1 aliphatic carbocycles. The second-order valence-electron chi connectivity index (χ2n) is 5.30. The number of fused-ring (bicyclic) bond motifs is 1. The smallest absolute Gasteiger partial charge is 0.165 e. The zero-order valence-corrected chi connectivity index (χ0v) is 9.39. The van der Waals surface area contributed by atoms with Gasteiger partial charge in [-0.1, -0.05) is 0 Å². The second-order valence-corrected chi connectivity index (χ2v) is 7.49. The van der Waals surface area contributed by atoms with E-state index in [0.29, 0.717) is 5.75 Å². The Bertz CT molecular complexity index is 328. The van der Waals surface area contributed by atoms with Gasteiger partial charge in [0.05, 0.1) is 21.1 Å². The van der Waals surface area contributed by atoms with Gasteiger partial charge in [0.2, 0.25) is 0 Å². The van der Waals surface area contributed by atoms with Crippen LogP contribution in [-0.4, -0.2) is 50.6 Å². The molecule has 2 rings (SSSR count). The first-order valence-corrected chi connectivity index (χ1v) is 6.54. The van der Waals surface area contributed by atoms with Crippen molar-refractivity contribution in [1.29, 1.82) is 0 Å². The number of hydrogen-bond donors (Lipinski definition) is 0. The normalized spacial score (nSPS) is 42.5. The van der Waals surface area contributed by atoms with E-state index in [0.717, 1.165) is 23.7 Å². The number of sulfone groups is 1. The molecule has 0 aromatic heterocycles. The molecule has 0 aromatic carbocycles. The molecule has 2 fully saturated rings. The van der Waals surface area contributed by atoms with Crippen molar-refractivity contribution >= 4 is 9.84 Å². The van der Waals surface area contributed by atoms with Crippen molar-refractivity contribution in [3.63, 3.8) is 0 Å². The maximum absolute atomic E-state index is 11.5. The van der Waals surface area contributed by atoms with Crippen LogP contribution in [0.1, 0.15) is 19.3 Å². The van der Waals surface area contributed by atoms with Crippen LogP contribution in [0.5, 0.6) is 0 Å². The molecule has 0 N–H and O–H groups in total. The Morgan fingerprint density at radius 3 is 2.31 bits per heavy atom. The summed E-state index contributed by atoms with van der Waals surface area (Å²) in [6.07, 6.45) is 3.05. The molecule has 1 saturated heterocycles. The molecule has 0 bridgehead atoms. The minimum atomic E-state index is -2.72. The molecule has 2 aliphatic rings. The van der Waals surface area contributed by atoms with Gasteiger partial charge in [-0.15, -0.1) is 0 Å². The first-order valence-electron chi connectivity index (χ1n) is 4.83. The van der Waals surface area contributed by atoms with Crippen LogP contribution in [0.2, 0.25) is 0 Å². The Hall–Kier alpha value is -0.0900. The molecule has 0 aromatic rings. The Balaban J connectivity index is 2.38. The molecule has 13 heavy (non-hydrogen) atoms. The summed E-state index contributed by atoms with van der Waals surface area (Å²) in [6.45, 7) is 0. The highest BCUT2D eigenvalue weighted by Crippen LogP contribution is 2.50. The lowest BCUT2D eigenvalue weighted by atomic mass is 9.94. The number of quaternary nitrogens is 1. The molecule has 0 unspecified atom stereocenters. The van der Waals surface area contributed by atoms with Gasteiger partial charge >= 0.3 is 0 Å². The Morgan fingerprint density at radius 2 is 1.92 bits per heavy atom. The van der Waals surface area contributed by atoms with Crippen molar-refractivity contribution in [2.75, 3.05) is 26.9 Å². The van der Waals surface area contributed by atoms with E-state index < -0.39 is 9.84 Å². The predicted molar refractivity (Wildman–Crippen MR) is 52.2 cm³/mol. The van der Waals surface area contributed by atoms with E-state index in [2.05, 4.69) is 21.1 Å². The summed E-state index contributed by atoms with van der Waals surface area (Å²) in [5.41, 5.74) is 0.0544. The van der Waals surface area contributed by atoms with E-state index in [1.165, 1.54) is 0 Å². The lowest BCUT2D eigenvalue weighted by Crippen LogP contribution is -2.73. The van der Waals surface area contributed by atoms with Gasteiger partial charge in [-0.3, -0.25) is 0 Å². The highest BCUT2D eigenvalue weighted by Gasteiger charge is 2.68. The average Bonchev–Trinajstić information content (AvgIpc) is 2.26. The van der Waals surface area contributed by atoms with E-state index in [9.17, 15) is 8.42 Å². The molecular formula is C9H18NO2S+. The highest BCUT2D eigenvalue weighted by atomic mass is 32.2. The number of rotatable bonds is 1. The zero-order chi connectivity index (χ0) is 9.91. The summed E-state index contributed by atoms with van der Waals surface area (Å²) in [5.74, 6) is 0.411. The second kappa shape index (κ2) is 2.28. The van der Waals surface area contributed by atoms with Gasteiger partial charge in [0, 0.05) is 6.42 Å². The molecule has 0 amide bonds. The summed E-state index contributed by atoms with van der Waals surface area (Å²) in [6, 6.07) is 0. The third-order valence-electron chi connectivity index (χ3n) is 3.90. The monoisotopic (exact) mass is 204 g/mol. The molecule has 3 nitrogen and oxygen atoms in total. The van der Waals surface area contributed by atoms with Gasteiger partial charge in [0.1, 0.15) is 16.5 Å². The van der Waals surface area contributed by atoms with Gasteiger partial charge < -0.3 is 4.48 Å². The summed E-state index contributed by atoms with van der Waals surface area (Å²) in [7, 11) is 3.64. The molecule has 2 atom stereocenters. The van der Waals surface area contributed by atoms with Gasteiger partial charge in [0.25, 0.3) is 0 Å². The standard InChI is InChI=1S/C9H18NO2S/c1-10(2,3)9-6-4-5-8(9)13(11,12)7-9/h8H,4-7H2,1-3H3/q+1/t8-,9+/m1/s1. The van der Waals surface area contributed by atoms with Crippen LogP contribution in [0.25, 0.3) is 0 Å². The highest BCUT2D eigenvalue weighted by molar-refractivity contribution is 7.93. The lowest BCUT2D eigenvalue weighted by molar-refractivity contribution is -0.921. The lowest BCUT2D eigenvalue weighted by Gasteiger charge is -2.53. The van der Waals surface area contributed by atoms with E-state index in [1.807, 2.05) is 0 Å². The minimum absolute atomic E-state index is 0.0417. The van der Waals surface area contributed by atoms with Crippen LogP contribution >= 0.6 is 0 Å². The Kier molecular flexibility index (Phi) is 1.66. The summed E-state index contributed by atoms with van der Waals surface area (Å²) in [5, 5.41) is -0.0417. The molecular weight excluding hydrogens is 186 g/mol. The Morgan fingerprint density at radius 1 is 1.31 bits per heavy atom. The number of nitrogens with zero attached hydrogens (tertiary/aromatic N) is 1. The fourth-order valence-corrected chi connectivity index (χ4v) is 6.06. The first kappa shape index (κ1) is 9.46. The summed E-state index contributed by atoms with van der Waals surface area (Å²) in [4.78, 5) is 0. The van der Waals surface area contributed by atoms with E-state index >= 15 is 0 Å². The Labute approximate surface area is 80.2 Å². The third-order valence-corrected chi connectivity index (χ3v) is 6.34. The van der Waals surface area contributed by atoms with E-state index in [1.54, 1.807) is 0 Å². The largest absolute Gasteiger partial charge is 0.324 e. The van der Waals surface area contributed by atoms with Gasteiger partial charge in [-0.2, -0.15) is 0 Å². The topological polar surface area (TPSA) is 34.1 Å². The molecule has 76 valence electrons. The minimum Gasteiger partial charge on any atom is -0.324 e. The van der Waals surface area contributed by atoms with Crippen molar-refractivity contribution in [3.8, 4) is 0 Å². The van der Waals surface area contributed by atoms with Crippen molar-refractivity contribution < 1.29 is 12.9 Å². The number of hydrogen-bond acceptors (Lipinski definition) is 2. The fourth-order valence-electron chi connectivity index (χ4n) is 3.01. The summed E-state index contributed by atoms with van der Waals surface area (Å²) >= 11 is 0. The molecule has 0 spiro atoms. The van der Waals surface area contributed by atoms with Crippen LogP contribution < -0.4 is 0 Å².